The number of aliphatic hydroxyl groups is 1. The minimum absolute atomic E-state index is 0.115. The van der Waals surface area contributed by atoms with Crippen LogP contribution in [0, 0.1) is 5.82 Å². The lowest BCUT2D eigenvalue weighted by Crippen LogP contribution is -2.20. The van der Waals surface area contributed by atoms with Gasteiger partial charge in [0.15, 0.2) is 0 Å². The number of nitrogens with one attached hydrogen (secondary N) is 1. The summed E-state index contributed by atoms with van der Waals surface area (Å²) in [6.45, 7) is 3.05. The molecule has 84 valence electrons. The average molecular weight is 212 g/mol. The molecule has 1 atom stereocenters. The van der Waals surface area contributed by atoms with Crippen molar-refractivity contribution in [3.05, 3.63) is 29.8 Å². The zero-order valence-corrected chi connectivity index (χ0v) is 8.91. The maximum Gasteiger partial charge on any atom is 0.141 e. The van der Waals surface area contributed by atoms with Crippen molar-refractivity contribution in [2.24, 2.45) is 0 Å². The summed E-state index contributed by atoms with van der Waals surface area (Å²) in [7, 11) is 0. The first-order chi connectivity index (χ1) is 7.24. The molecule has 1 heterocycles. The fourth-order valence-corrected chi connectivity index (χ4v) is 1.30. The van der Waals surface area contributed by atoms with E-state index in [4.69, 9.17) is 5.11 Å². The van der Waals surface area contributed by atoms with E-state index in [1.54, 1.807) is 6.07 Å². The Labute approximate surface area is 89.4 Å². The van der Waals surface area contributed by atoms with E-state index in [9.17, 15) is 4.39 Å². The highest BCUT2D eigenvalue weighted by molar-refractivity contribution is 5.08. The molecular formula is C11H17FN2O. The number of halogens is 1. The molecule has 0 spiro atoms. The third-order valence-electron chi connectivity index (χ3n) is 2.23. The lowest BCUT2D eigenvalue weighted by Gasteiger charge is -2.12. The lowest BCUT2D eigenvalue weighted by atomic mass is 10.2. The molecule has 0 aromatic carbocycles. The van der Waals surface area contributed by atoms with Crippen LogP contribution < -0.4 is 5.32 Å². The smallest absolute Gasteiger partial charge is 0.141 e. The van der Waals surface area contributed by atoms with Gasteiger partial charge in [-0.25, -0.2) is 4.39 Å². The molecular weight excluding hydrogens is 195 g/mol. The summed E-state index contributed by atoms with van der Waals surface area (Å²) in [5.41, 5.74) is 0.834. The molecule has 1 unspecified atom stereocenters. The summed E-state index contributed by atoms with van der Waals surface area (Å²) in [5, 5.41) is 11.9. The van der Waals surface area contributed by atoms with Gasteiger partial charge in [0.2, 0.25) is 0 Å². The second-order valence-electron chi connectivity index (χ2n) is 3.51. The van der Waals surface area contributed by atoms with Gasteiger partial charge in [0, 0.05) is 12.6 Å². The molecule has 1 rings (SSSR count). The highest BCUT2D eigenvalue weighted by Gasteiger charge is 2.05. The van der Waals surface area contributed by atoms with Crippen LogP contribution in [0.15, 0.2) is 18.3 Å². The number of pyridine rings is 1. The van der Waals surface area contributed by atoms with E-state index in [-0.39, 0.29) is 18.5 Å². The maximum absolute atomic E-state index is 12.6. The van der Waals surface area contributed by atoms with Crippen LogP contribution in [0.3, 0.4) is 0 Å². The first-order valence-corrected chi connectivity index (χ1v) is 5.19. The number of rotatable bonds is 6. The van der Waals surface area contributed by atoms with Crippen LogP contribution in [-0.4, -0.2) is 23.2 Å². The van der Waals surface area contributed by atoms with Crippen LogP contribution in [-0.2, 0) is 0 Å². The van der Waals surface area contributed by atoms with Crippen LogP contribution >= 0.6 is 0 Å². The summed E-state index contributed by atoms with van der Waals surface area (Å²) in [6.07, 6.45) is 2.96. The third kappa shape index (κ3) is 4.36. The van der Waals surface area contributed by atoms with E-state index >= 15 is 0 Å². The van der Waals surface area contributed by atoms with Gasteiger partial charge in [-0.3, -0.25) is 4.98 Å². The predicted octanol–water partition coefficient (Wildman–Crippen LogP) is 1.64. The monoisotopic (exact) mass is 212 g/mol. The molecule has 0 bridgehead atoms. The van der Waals surface area contributed by atoms with Crippen LogP contribution in [0.25, 0.3) is 0 Å². The van der Waals surface area contributed by atoms with Crippen LogP contribution in [0.4, 0.5) is 4.39 Å². The van der Waals surface area contributed by atoms with Crippen molar-refractivity contribution in [3.63, 3.8) is 0 Å². The molecule has 1 aromatic heterocycles. The predicted molar refractivity (Wildman–Crippen MR) is 56.9 cm³/mol. The molecule has 15 heavy (non-hydrogen) atoms. The van der Waals surface area contributed by atoms with Crippen LogP contribution in [0.2, 0.25) is 0 Å². The van der Waals surface area contributed by atoms with E-state index in [1.807, 2.05) is 6.92 Å². The van der Waals surface area contributed by atoms with Gasteiger partial charge in [-0.05, 0) is 38.4 Å². The molecule has 0 saturated heterocycles. The number of aromatic nitrogens is 1. The molecule has 4 heteroatoms. The van der Waals surface area contributed by atoms with Gasteiger partial charge in [0.25, 0.3) is 0 Å². The second kappa shape index (κ2) is 6.48. The number of hydrogen-bond acceptors (Lipinski definition) is 3. The first-order valence-electron chi connectivity index (χ1n) is 5.19. The normalized spacial score (nSPS) is 12.7. The Morgan fingerprint density at radius 1 is 1.47 bits per heavy atom. The molecule has 0 saturated carbocycles. The zero-order valence-electron chi connectivity index (χ0n) is 8.91. The van der Waals surface area contributed by atoms with Gasteiger partial charge in [0.05, 0.1) is 11.9 Å². The van der Waals surface area contributed by atoms with Crippen LogP contribution in [0.1, 0.15) is 31.5 Å². The summed E-state index contributed by atoms with van der Waals surface area (Å²) < 4.78 is 12.6. The van der Waals surface area contributed by atoms with Crippen LogP contribution in [0.5, 0.6) is 0 Å². The first kappa shape index (κ1) is 12.1. The van der Waals surface area contributed by atoms with Gasteiger partial charge in [-0.1, -0.05) is 0 Å². The molecule has 1 aromatic rings. The van der Waals surface area contributed by atoms with Gasteiger partial charge in [-0.15, -0.1) is 0 Å². The minimum Gasteiger partial charge on any atom is -0.396 e. The van der Waals surface area contributed by atoms with Crippen molar-refractivity contribution < 1.29 is 9.50 Å². The molecule has 3 nitrogen and oxygen atoms in total. The Bertz CT molecular complexity index is 276. The molecule has 0 aliphatic rings. The summed E-state index contributed by atoms with van der Waals surface area (Å²) in [6, 6.07) is 3.21. The summed E-state index contributed by atoms with van der Waals surface area (Å²) >= 11 is 0. The van der Waals surface area contributed by atoms with Gasteiger partial charge >= 0.3 is 0 Å². The van der Waals surface area contributed by atoms with Crippen molar-refractivity contribution in [2.75, 3.05) is 13.2 Å². The van der Waals surface area contributed by atoms with E-state index in [0.717, 1.165) is 25.1 Å². The standard InChI is InChI=1S/C11H17FN2O/c1-9(13-6-2-3-7-15)11-5-4-10(12)8-14-11/h4-5,8-9,13,15H,2-3,6-7H2,1H3. The Kier molecular flexibility index (Phi) is 5.21. The maximum atomic E-state index is 12.6. The number of unbranched alkanes of at least 4 members (excludes halogenated alkanes) is 1. The third-order valence-corrected chi connectivity index (χ3v) is 2.23. The minimum atomic E-state index is -0.314. The fourth-order valence-electron chi connectivity index (χ4n) is 1.30. The highest BCUT2D eigenvalue weighted by atomic mass is 19.1. The van der Waals surface area contributed by atoms with E-state index in [0.29, 0.717) is 0 Å². The Morgan fingerprint density at radius 3 is 2.87 bits per heavy atom. The fraction of sp³-hybridized carbons (Fsp3) is 0.545. The van der Waals surface area contributed by atoms with Gasteiger partial charge in [-0.2, -0.15) is 0 Å². The van der Waals surface area contributed by atoms with Crippen molar-refractivity contribution in [1.82, 2.24) is 10.3 Å². The zero-order chi connectivity index (χ0) is 11.1. The van der Waals surface area contributed by atoms with Gasteiger partial charge < -0.3 is 10.4 Å². The Balaban J connectivity index is 2.33. The average Bonchev–Trinajstić information content (AvgIpc) is 2.25. The topological polar surface area (TPSA) is 45.1 Å². The summed E-state index contributed by atoms with van der Waals surface area (Å²) in [5.74, 6) is -0.314. The van der Waals surface area contributed by atoms with Crippen molar-refractivity contribution >= 4 is 0 Å². The van der Waals surface area contributed by atoms with Crippen molar-refractivity contribution in [2.45, 2.75) is 25.8 Å². The number of aliphatic hydroxyl groups excluding tert-OH is 1. The Morgan fingerprint density at radius 2 is 2.27 bits per heavy atom. The molecule has 2 N–H and O–H groups in total. The van der Waals surface area contributed by atoms with E-state index in [2.05, 4.69) is 10.3 Å². The molecule has 0 aliphatic heterocycles. The second-order valence-corrected chi connectivity index (χ2v) is 3.51. The highest BCUT2D eigenvalue weighted by Crippen LogP contribution is 2.09. The molecule has 0 aliphatic carbocycles. The lowest BCUT2D eigenvalue weighted by molar-refractivity contribution is 0.283. The van der Waals surface area contributed by atoms with Crippen molar-refractivity contribution in [3.8, 4) is 0 Å². The van der Waals surface area contributed by atoms with Gasteiger partial charge in [0.1, 0.15) is 5.82 Å². The molecule has 0 amide bonds. The molecule has 0 radical (unpaired) electrons. The SMILES string of the molecule is CC(NCCCCO)c1ccc(F)cn1. The summed E-state index contributed by atoms with van der Waals surface area (Å²) in [4.78, 5) is 3.99. The van der Waals surface area contributed by atoms with E-state index in [1.165, 1.54) is 12.3 Å². The number of hydrogen-bond donors (Lipinski definition) is 2. The Hall–Kier alpha value is -1.00. The molecule has 0 fully saturated rings. The quantitative estimate of drug-likeness (QED) is 0.705. The van der Waals surface area contributed by atoms with Crippen molar-refractivity contribution in [1.29, 1.82) is 0 Å². The number of nitrogens with zero attached hydrogens (tertiary/aromatic N) is 1. The largest absolute Gasteiger partial charge is 0.396 e. The van der Waals surface area contributed by atoms with E-state index < -0.39 is 0 Å².